The van der Waals surface area contributed by atoms with Gasteiger partial charge in [-0.05, 0) is 29.7 Å². The topological polar surface area (TPSA) is 79.0 Å². The van der Waals surface area contributed by atoms with Gasteiger partial charge in [-0.2, -0.15) is 0 Å². The summed E-state index contributed by atoms with van der Waals surface area (Å²) in [4.78, 5) is 14.7. The minimum absolute atomic E-state index is 0.00699. The number of nitrogens with zero attached hydrogens (tertiary/aromatic N) is 2. The van der Waals surface area contributed by atoms with Crippen LogP contribution in [0.2, 0.25) is 0 Å². The Kier molecular flexibility index (Phi) is 8.60. The zero-order chi connectivity index (χ0) is 23.0. The van der Waals surface area contributed by atoms with Gasteiger partial charge < -0.3 is 10.1 Å². The van der Waals surface area contributed by atoms with Gasteiger partial charge in [-0.1, -0.05) is 36.4 Å². The normalized spacial score (nSPS) is 14.8. The van der Waals surface area contributed by atoms with Gasteiger partial charge in [-0.25, -0.2) is 12.8 Å². The smallest absolute Gasteiger partial charge is 0.232 e. The highest BCUT2D eigenvalue weighted by molar-refractivity contribution is 7.92. The molecule has 0 saturated carbocycles. The molecular weight excluding hydrogens is 433 g/mol. The van der Waals surface area contributed by atoms with Crippen molar-refractivity contribution in [1.82, 2.24) is 10.2 Å². The molecule has 9 heteroatoms. The van der Waals surface area contributed by atoms with E-state index in [-0.39, 0.29) is 31.0 Å². The molecule has 1 fully saturated rings. The Morgan fingerprint density at radius 2 is 1.75 bits per heavy atom. The van der Waals surface area contributed by atoms with Gasteiger partial charge in [0.05, 0.1) is 25.2 Å². The van der Waals surface area contributed by atoms with Crippen LogP contribution in [0.15, 0.2) is 48.5 Å². The zero-order valence-corrected chi connectivity index (χ0v) is 19.1. The number of hydrogen-bond donors (Lipinski definition) is 1. The summed E-state index contributed by atoms with van der Waals surface area (Å²) in [6.45, 7) is 4.48. The maximum Gasteiger partial charge on any atom is 0.232 e. The van der Waals surface area contributed by atoms with E-state index in [9.17, 15) is 17.6 Å². The molecule has 32 heavy (non-hydrogen) atoms. The quantitative estimate of drug-likeness (QED) is 0.586. The Morgan fingerprint density at radius 1 is 1.09 bits per heavy atom. The number of anilines is 1. The van der Waals surface area contributed by atoms with Gasteiger partial charge in [0, 0.05) is 39.1 Å². The van der Waals surface area contributed by atoms with Crippen molar-refractivity contribution in [2.75, 3.05) is 43.4 Å². The lowest BCUT2D eigenvalue weighted by molar-refractivity contribution is -0.121. The average molecular weight is 464 g/mol. The second kappa shape index (κ2) is 11.4. The molecule has 0 atom stereocenters. The Balaban J connectivity index is 1.51. The van der Waals surface area contributed by atoms with E-state index in [0.717, 1.165) is 54.5 Å². The number of hydrogen-bond acceptors (Lipinski definition) is 5. The van der Waals surface area contributed by atoms with Crippen LogP contribution in [-0.2, 0) is 32.6 Å². The number of rotatable bonds is 10. The van der Waals surface area contributed by atoms with Crippen LogP contribution in [0.4, 0.5) is 10.1 Å². The third-order valence-electron chi connectivity index (χ3n) is 5.38. The first-order chi connectivity index (χ1) is 15.3. The van der Waals surface area contributed by atoms with Crippen LogP contribution in [0.3, 0.4) is 0 Å². The maximum atomic E-state index is 14.1. The van der Waals surface area contributed by atoms with Crippen LogP contribution < -0.4 is 9.62 Å². The van der Waals surface area contributed by atoms with E-state index in [1.54, 1.807) is 6.07 Å². The van der Waals surface area contributed by atoms with Gasteiger partial charge in [0.15, 0.2) is 0 Å². The predicted molar refractivity (Wildman–Crippen MR) is 122 cm³/mol. The number of nitrogens with one attached hydrogen (secondary N) is 1. The molecule has 0 bridgehead atoms. The molecule has 0 aromatic heterocycles. The summed E-state index contributed by atoms with van der Waals surface area (Å²) in [6.07, 6.45) is 1.46. The van der Waals surface area contributed by atoms with Gasteiger partial charge in [-0.3, -0.25) is 14.0 Å². The second-order valence-corrected chi connectivity index (χ2v) is 9.73. The summed E-state index contributed by atoms with van der Waals surface area (Å²) < 4.78 is 44.7. The number of carbonyl (C=O) groups excluding carboxylic acids is 1. The molecule has 0 spiro atoms. The molecule has 1 aliphatic heterocycles. The van der Waals surface area contributed by atoms with Gasteiger partial charge in [0.2, 0.25) is 15.9 Å². The van der Waals surface area contributed by atoms with E-state index < -0.39 is 15.8 Å². The van der Waals surface area contributed by atoms with Crippen LogP contribution in [0.5, 0.6) is 0 Å². The number of morpholine rings is 1. The molecule has 2 aromatic carbocycles. The van der Waals surface area contributed by atoms with Crippen LogP contribution in [0, 0.1) is 5.82 Å². The Morgan fingerprint density at radius 3 is 2.44 bits per heavy atom. The summed E-state index contributed by atoms with van der Waals surface area (Å²) in [7, 11) is -3.67. The lowest BCUT2D eigenvalue weighted by Crippen LogP contribution is -2.36. The van der Waals surface area contributed by atoms with Crippen molar-refractivity contribution in [3.8, 4) is 0 Å². The lowest BCUT2D eigenvalue weighted by atomic mass is 10.1. The molecule has 3 rings (SSSR count). The Hall–Kier alpha value is -2.49. The molecular formula is C23H30FN3O4S. The van der Waals surface area contributed by atoms with Crippen molar-refractivity contribution in [1.29, 1.82) is 0 Å². The van der Waals surface area contributed by atoms with Gasteiger partial charge in [0.1, 0.15) is 5.82 Å². The molecule has 7 nitrogen and oxygen atoms in total. The number of halogens is 1. The molecule has 0 aliphatic carbocycles. The predicted octanol–water partition coefficient (Wildman–Crippen LogP) is 2.52. The maximum absolute atomic E-state index is 14.1. The van der Waals surface area contributed by atoms with E-state index in [2.05, 4.69) is 16.3 Å². The summed E-state index contributed by atoms with van der Waals surface area (Å²) in [5.74, 6) is -0.785. The molecule has 1 heterocycles. The fourth-order valence-electron chi connectivity index (χ4n) is 3.67. The molecule has 1 amide bonds. The highest BCUT2D eigenvalue weighted by atomic mass is 32.2. The highest BCUT2D eigenvalue weighted by Crippen LogP contribution is 2.22. The van der Waals surface area contributed by atoms with Crippen molar-refractivity contribution >= 4 is 21.6 Å². The van der Waals surface area contributed by atoms with Crippen molar-refractivity contribution in [3.63, 3.8) is 0 Å². The third kappa shape index (κ3) is 7.01. The van der Waals surface area contributed by atoms with E-state index in [1.807, 2.05) is 18.2 Å². The van der Waals surface area contributed by atoms with Crippen LogP contribution in [-0.4, -0.2) is 58.3 Å². The van der Waals surface area contributed by atoms with Crippen molar-refractivity contribution < 1.29 is 22.3 Å². The van der Waals surface area contributed by atoms with E-state index in [1.165, 1.54) is 18.2 Å². The number of benzene rings is 2. The molecule has 0 unspecified atom stereocenters. The summed E-state index contributed by atoms with van der Waals surface area (Å²) in [5, 5.41) is 2.92. The summed E-state index contributed by atoms with van der Waals surface area (Å²) in [5.41, 5.74) is 2.21. The number of sulfonamides is 1. The number of ether oxygens (including phenoxy) is 1. The Bertz CT molecular complexity index is 1010. The molecule has 0 radical (unpaired) electrons. The average Bonchev–Trinajstić information content (AvgIpc) is 2.77. The molecule has 174 valence electrons. The second-order valence-electron chi connectivity index (χ2n) is 7.82. The third-order valence-corrected chi connectivity index (χ3v) is 6.56. The number of para-hydroxylation sites is 1. The molecule has 2 aromatic rings. The van der Waals surface area contributed by atoms with Crippen molar-refractivity contribution in [2.45, 2.75) is 25.9 Å². The van der Waals surface area contributed by atoms with E-state index in [4.69, 9.17) is 4.74 Å². The fraction of sp³-hybridized carbons (Fsp3) is 0.435. The van der Waals surface area contributed by atoms with E-state index in [0.29, 0.717) is 6.54 Å². The molecule has 1 aliphatic rings. The van der Waals surface area contributed by atoms with Gasteiger partial charge >= 0.3 is 0 Å². The highest BCUT2D eigenvalue weighted by Gasteiger charge is 2.20. The fourth-order valence-corrected chi connectivity index (χ4v) is 4.63. The molecule has 1 N–H and O–H groups in total. The standard InChI is InChI=1S/C23H30FN3O4S/c1-32(29,30)27(22-10-5-4-9-21(22)24)12-6-11-23(28)25-17-19-7-2-3-8-20(19)18-26-13-15-31-16-14-26/h2-5,7-10H,6,11-18H2,1H3,(H,25,28). The summed E-state index contributed by atoms with van der Waals surface area (Å²) >= 11 is 0. The number of carbonyl (C=O) groups is 1. The SMILES string of the molecule is CS(=O)(=O)N(CCCC(=O)NCc1ccccc1CN1CCOCC1)c1ccccc1F. The van der Waals surface area contributed by atoms with Crippen LogP contribution >= 0.6 is 0 Å². The zero-order valence-electron chi connectivity index (χ0n) is 18.3. The largest absolute Gasteiger partial charge is 0.379 e. The van der Waals surface area contributed by atoms with Crippen molar-refractivity contribution in [2.24, 2.45) is 0 Å². The monoisotopic (exact) mass is 463 g/mol. The minimum atomic E-state index is -3.67. The van der Waals surface area contributed by atoms with Crippen LogP contribution in [0.1, 0.15) is 24.0 Å². The number of amides is 1. The van der Waals surface area contributed by atoms with Crippen LogP contribution in [0.25, 0.3) is 0 Å². The van der Waals surface area contributed by atoms with E-state index >= 15 is 0 Å². The lowest BCUT2D eigenvalue weighted by Gasteiger charge is -2.27. The van der Waals surface area contributed by atoms with Gasteiger partial charge in [0.25, 0.3) is 0 Å². The minimum Gasteiger partial charge on any atom is -0.379 e. The first-order valence-electron chi connectivity index (χ1n) is 10.7. The van der Waals surface area contributed by atoms with Crippen molar-refractivity contribution in [3.05, 3.63) is 65.5 Å². The summed E-state index contributed by atoms with van der Waals surface area (Å²) in [6, 6.07) is 13.7. The Labute approximate surface area is 189 Å². The first kappa shape index (κ1) is 24.2. The van der Waals surface area contributed by atoms with Gasteiger partial charge in [-0.15, -0.1) is 0 Å². The first-order valence-corrected chi connectivity index (χ1v) is 12.6. The molecule has 1 saturated heterocycles.